The van der Waals surface area contributed by atoms with Gasteiger partial charge in [0.25, 0.3) is 0 Å². The Morgan fingerprint density at radius 1 is 1.80 bits per heavy atom. The molecule has 5 heteroatoms. The van der Waals surface area contributed by atoms with Crippen molar-refractivity contribution in [3.05, 3.63) is 16.6 Å². The third-order valence-corrected chi connectivity index (χ3v) is 2.40. The van der Waals surface area contributed by atoms with Crippen LogP contribution in [0.2, 0.25) is 0 Å². The second-order valence-electron chi connectivity index (χ2n) is 1.74. The van der Waals surface area contributed by atoms with E-state index in [0.717, 1.165) is 4.88 Å². The Balaban J connectivity index is 2.35. The molecule has 0 saturated heterocycles. The Hall–Kier alpha value is -0.260. The minimum absolute atomic E-state index is 0.308. The van der Waals surface area contributed by atoms with Gasteiger partial charge >= 0.3 is 0 Å². The van der Waals surface area contributed by atoms with Crippen molar-refractivity contribution in [2.75, 3.05) is 5.75 Å². The highest BCUT2D eigenvalue weighted by Crippen LogP contribution is 2.05. The van der Waals surface area contributed by atoms with E-state index in [0.29, 0.717) is 12.2 Å². The molecule has 0 spiro atoms. The summed E-state index contributed by atoms with van der Waals surface area (Å²) in [5, 5.41) is 0. The SMILES string of the molecule is O=S(O)CCc1cncs1. The summed E-state index contributed by atoms with van der Waals surface area (Å²) >= 11 is -0.163. The average molecular weight is 177 g/mol. The molecular formula is C5H7NO2S2. The molecule has 56 valence electrons. The second-order valence-corrected chi connectivity index (χ2v) is 3.77. The lowest BCUT2D eigenvalue weighted by atomic mass is 10.4. The van der Waals surface area contributed by atoms with E-state index in [2.05, 4.69) is 4.98 Å². The number of hydrogen-bond donors (Lipinski definition) is 1. The standard InChI is InChI=1S/C5H7NO2S2/c7-10(8)2-1-5-3-6-4-9-5/h3-4H,1-2H2,(H,7,8). The van der Waals surface area contributed by atoms with Crippen LogP contribution >= 0.6 is 11.3 Å². The van der Waals surface area contributed by atoms with Crippen molar-refractivity contribution in [1.29, 1.82) is 0 Å². The zero-order valence-corrected chi connectivity index (χ0v) is 6.82. The molecule has 1 aromatic rings. The van der Waals surface area contributed by atoms with Crippen LogP contribution in [0.4, 0.5) is 0 Å². The number of nitrogens with zero attached hydrogens (tertiary/aromatic N) is 1. The summed E-state index contributed by atoms with van der Waals surface area (Å²) in [6.07, 6.45) is 2.37. The third-order valence-electron chi connectivity index (χ3n) is 1.01. The van der Waals surface area contributed by atoms with E-state index >= 15 is 0 Å². The monoisotopic (exact) mass is 177 g/mol. The number of thiazole rings is 1. The van der Waals surface area contributed by atoms with Crippen molar-refractivity contribution >= 4 is 22.4 Å². The lowest BCUT2D eigenvalue weighted by molar-refractivity contribution is 0.564. The minimum atomic E-state index is -1.67. The molecule has 0 aliphatic carbocycles. The fraction of sp³-hybridized carbons (Fsp3) is 0.400. The number of hydrogen-bond acceptors (Lipinski definition) is 3. The molecule has 0 saturated carbocycles. The number of aromatic nitrogens is 1. The summed E-state index contributed by atoms with van der Waals surface area (Å²) in [6, 6.07) is 0. The second kappa shape index (κ2) is 3.80. The molecular weight excluding hydrogens is 170 g/mol. The maximum Gasteiger partial charge on any atom is 0.153 e. The van der Waals surface area contributed by atoms with Gasteiger partial charge in [-0.3, -0.25) is 4.98 Å². The van der Waals surface area contributed by atoms with E-state index in [9.17, 15) is 4.21 Å². The third kappa shape index (κ3) is 2.55. The highest BCUT2D eigenvalue weighted by molar-refractivity contribution is 7.79. The van der Waals surface area contributed by atoms with Crippen molar-refractivity contribution in [1.82, 2.24) is 4.98 Å². The molecule has 0 radical (unpaired) electrons. The summed E-state index contributed by atoms with van der Waals surface area (Å²) < 4.78 is 18.6. The predicted molar refractivity (Wildman–Crippen MR) is 41.5 cm³/mol. The van der Waals surface area contributed by atoms with Gasteiger partial charge in [0.05, 0.1) is 11.3 Å². The van der Waals surface area contributed by atoms with Gasteiger partial charge in [0.1, 0.15) is 0 Å². The molecule has 0 amide bonds. The van der Waals surface area contributed by atoms with E-state index < -0.39 is 11.1 Å². The van der Waals surface area contributed by atoms with Gasteiger partial charge in [0.2, 0.25) is 0 Å². The molecule has 0 aliphatic rings. The van der Waals surface area contributed by atoms with Crippen LogP contribution in [0.25, 0.3) is 0 Å². The van der Waals surface area contributed by atoms with Crippen LogP contribution in [0, 0.1) is 0 Å². The normalized spacial score (nSPS) is 13.3. The first-order chi connectivity index (χ1) is 4.79. The Morgan fingerprint density at radius 2 is 2.60 bits per heavy atom. The molecule has 3 nitrogen and oxygen atoms in total. The van der Waals surface area contributed by atoms with Crippen LogP contribution < -0.4 is 0 Å². The molecule has 1 N–H and O–H groups in total. The van der Waals surface area contributed by atoms with Crippen LogP contribution in [0.5, 0.6) is 0 Å². The summed E-state index contributed by atoms with van der Waals surface area (Å²) in [4.78, 5) is 4.90. The van der Waals surface area contributed by atoms with Crippen LogP contribution in [0.1, 0.15) is 4.88 Å². The van der Waals surface area contributed by atoms with Crippen LogP contribution in [-0.4, -0.2) is 19.5 Å². The highest BCUT2D eigenvalue weighted by Gasteiger charge is 1.96. The average Bonchev–Trinajstić information content (AvgIpc) is 2.34. The Bertz CT molecular complexity index is 209. The van der Waals surface area contributed by atoms with Crippen LogP contribution in [0.3, 0.4) is 0 Å². The lowest BCUT2D eigenvalue weighted by Gasteiger charge is -1.89. The van der Waals surface area contributed by atoms with Crippen LogP contribution in [-0.2, 0) is 17.5 Å². The number of aryl methyl sites for hydroxylation is 1. The van der Waals surface area contributed by atoms with E-state index in [1.165, 1.54) is 11.3 Å². The summed E-state index contributed by atoms with van der Waals surface area (Å²) in [5.74, 6) is 0.308. The molecule has 1 rings (SSSR count). The maximum atomic E-state index is 10.2. The van der Waals surface area contributed by atoms with Gasteiger partial charge in [-0.25, -0.2) is 4.21 Å². The fourth-order valence-corrected chi connectivity index (χ4v) is 1.68. The van der Waals surface area contributed by atoms with Gasteiger partial charge < -0.3 is 4.55 Å². The topological polar surface area (TPSA) is 50.2 Å². The first-order valence-electron chi connectivity index (χ1n) is 2.74. The zero-order chi connectivity index (χ0) is 7.40. The van der Waals surface area contributed by atoms with Gasteiger partial charge in [-0.1, -0.05) is 0 Å². The molecule has 1 unspecified atom stereocenters. The zero-order valence-electron chi connectivity index (χ0n) is 5.19. The molecule has 0 fully saturated rings. The molecule has 10 heavy (non-hydrogen) atoms. The first kappa shape index (κ1) is 7.84. The molecule has 1 aromatic heterocycles. The molecule has 0 aromatic carbocycles. The minimum Gasteiger partial charge on any atom is -0.306 e. The van der Waals surface area contributed by atoms with E-state index in [1.807, 2.05) is 0 Å². The fourth-order valence-electron chi connectivity index (χ4n) is 0.553. The summed E-state index contributed by atoms with van der Waals surface area (Å²) in [7, 11) is 0. The van der Waals surface area contributed by atoms with E-state index in [4.69, 9.17) is 4.55 Å². The van der Waals surface area contributed by atoms with Crippen LogP contribution in [0.15, 0.2) is 11.7 Å². The van der Waals surface area contributed by atoms with Gasteiger partial charge in [0, 0.05) is 11.1 Å². The first-order valence-corrected chi connectivity index (χ1v) is 4.89. The quantitative estimate of drug-likeness (QED) is 0.698. The van der Waals surface area contributed by atoms with Crippen molar-refractivity contribution in [3.8, 4) is 0 Å². The van der Waals surface area contributed by atoms with Gasteiger partial charge in [-0.2, -0.15) is 0 Å². The smallest absolute Gasteiger partial charge is 0.153 e. The predicted octanol–water partition coefficient (Wildman–Crippen LogP) is 0.907. The van der Waals surface area contributed by atoms with Gasteiger partial charge in [-0.15, -0.1) is 11.3 Å². The molecule has 1 heterocycles. The molecule has 0 bridgehead atoms. The van der Waals surface area contributed by atoms with Crippen molar-refractivity contribution in [2.45, 2.75) is 6.42 Å². The van der Waals surface area contributed by atoms with Gasteiger partial charge in [0.15, 0.2) is 11.1 Å². The van der Waals surface area contributed by atoms with Crippen molar-refractivity contribution in [3.63, 3.8) is 0 Å². The maximum absolute atomic E-state index is 10.2. The van der Waals surface area contributed by atoms with Gasteiger partial charge in [-0.05, 0) is 6.42 Å². The Kier molecular flexibility index (Phi) is 2.98. The summed E-state index contributed by atoms with van der Waals surface area (Å²) in [5.41, 5.74) is 1.72. The van der Waals surface area contributed by atoms with E-state index in [-0.39, 0.29) is 0 Å². The van der Waals surface area contributed by atoms with Crippen molar-refractivity contribution < 1.29 is 8.76 Å². The van der Waals surface area contributed by atoms with E-state index in [1.54, 1.807) is 11.7 Å². The Morgan fingerprint density at radius 3 is 3.10 bits per heavy atom. The number of rotatable bonds is 3. The summed E-state index contributed by atoms with van der Waals surface area (Å²) in [6.45, 7) is 0. The largest absolute Gasteiger partial charge is 0.306 e. The van der Waals surface area contributed by atoms with Crippen molar-refractivity contribution in [2.24, 2.45) is 0 Å². The lowest BCUT2D eigenvalue weighted by Crippen LogP contribution is -1.96. The Labute approximate surface area is 65.4 Å². The highest BCUT2D eigenvalue weighted by atomic mass is 32.2. The molecule has 1 atom stereocenters. The molecule has 0 aliphatic heterocycles.